The molecule has 0 bridgehead atoms. The zero-order valence-corrected chi connectivity index (χ0v) is 82.0. The van der Waals surface area contributed by atoms with Crippen molar-refractivity contribution < 1.29 is 0 Å². The largest absolute Gasteiger partial charge is 0.311 e. The molecule has 0 fully saturated rings. The Bertz CT molecular complexity index is 9080. The average molecular weight is 1900 g/mol. The number of fused-ring (bicyclic) bond motifs is 12. The molecule has 5 heteroatoms. The Morgan fingerprint density at radius 2 is 0.268 bits per heavy atom. The first kappa shape index (κ1) is 90.5. The Hall–Kier alpha value is -19.7. The first-order chi connectivity index (χ1) is 73.9. The number of rotatable bonds is 20. The number of benzene rings is 25. The maximum Gasteiger partial charge on any atom is 0.0561 e. The van der Waals surface area contributed by atoms with E-state index in [2.05, 4.69) is 637 Å². The fourth-order valence-electron chi connectivity index (χ4n) is 21.5. The highest BCUT2D eigenvalue weighted by molar-refractivity contribution is 6.26. The first-order valence-corrected chi connectivity index (χ1v) is 51.1. The van der Waals surface area contributed by atoms with E-state index in [9.17, 15) is 0 Å². The quantitative estimate of drug-likeness (QED) is 0.0709. The minimum Gasteiger partial charge on any atom is -0.311 e. The van der Waals surface area contributed by atoms with Crippen molar-refractivity contribution in [3.05, 3.63) is 613 Å². The van der Waals surface area contributed by atoms with Crippen molar-refractivity contribution in [3.8, 4) is 112 Å². The molecular formula is C144H101N5. The second kappa shape index (κ2) is 40.9. The Balaban J connectivity index is 0.000000116. The van der Waals surface area contributed by atoms with Gasteiger partial charge in [0.05, 0.1) is 22.1 Å². The standard InChI is InChI=1S/2C48H34N2.C48H33N/c1-4-12-35(13-5-1)37-20-27-42(28-21-37)49(43-29-22-38(23-30-43)36-14-6-2-7-15-36)44-31-24-39(25-32-44)40-26-33-48-46(34-40)45-18-10-11-19-47(45)50(48)41-16-8-3-9-17-41;1-4-12-35(13-5-1)38-20-26-41(27-21-38)49(42-28-22-39(23-29-42)36-14-6-2-7-15-36)44-32-33-46-45-18-10-11-19-47(45)50(48(46)34-44)43-30-24-40(25-31-43)37-16-8-3-9-17-37;1-3-11-34(12-4-1)36-19-26-40(27-20-36)49(41-28-21-37(22-29-41)35-13-5-2-6-14-35)42-30-23-38(24-31-42)39-25-32-47-45-17-8-7-15-43(45)44-16-9-10-18-46(44)48(47)33-39/h2*1-34H;1-33H. The fourth-order valence-corrected chi connectivity index (χ4v) is 21.5. The summed E-state index contributed by atoms with van der Waals surface area (Å²) in [6.45, 7) is 0. The monoisotopic (exact) mass is 1900 g/mol. The molecule has 0 atom stereocenters. The van der Waals surface area contributed by atoms with Crippen LogP contribution in [0.15, 0.2) is 613 Å². The molecule has 2 aromatic heterocycles. The van der Waals surface area contributed by atoms with Gasteiger partial charge < -0.3 is 23.8 Å². The molecule has 0 amide bonds. The minimum atomic E-state index is 1.10. The predicted molar refractivity (Wildman–Crippen MR) is 633 cm³/mol. The summed E-state index contributed by atoms with van der Waals surface area (Å²) < 4.78 is 4.76. The second-order valence-corrected chi connectivity index (χ2v) is 37.8. The maximum atomic E-state index is 2.40. The van der Waals surface area contributed by atoms with Crippen LogP contribution in [-0.4, -0.2) is 9.13 Å². The summed E-state index contributed by atoms with van der Waals surface area (Å²) in [4.78, 5) is 7.04. The van der Waals surface area contributed by atoms with Crippen LogP contribution in [0, 0.1) is 0 Å². The van der Waals surface area contributed by atoms with Crippen LogP contribution in [0.3, 0.4) is 0 Å². The van der Waals surface area contributed by atoms with Gasteiger partial charge in [0.15, 0.2) is 0 Å². The van der Waals surface area contributed by atoms with E-state index in [-0.39, 0.29) is 0 Å². The molecule has 0 aliphatic heterocycles. The fraction of sp³-hybridized carbons (Fsp3) is 0. The van der Waals surface area contributed by atoms with Gasteiger partial charge in [0.2, 0.25) is 0 Å². The highest BCUT2D eigenvalue weighted by atomic mass is 15.2. The van der Waals surface area contributed by atoms with E-state index < -0.39 is 0 Å². The van der Waals surface area contributed by atoms with Gasteiger partial charge >= 0.3 is 0 Å². The van der Waals surface area contributed by atoms with Crippen molar-refractivity contribution >= 4 is 127 Å². The lowest BCUT2D eigenvalue weighted by molar-refractivity contribution is 1.18. The number of para-hydroxylation sites is 3. The molecule has 0 saturated heterocycles. The van der Waals surface area contributed by atoms with E-state index in [4.69, 9.17) is 0 Å². The van der Waals surface area contributed by atoms with Gasteiger partial charge in [-0.3, -0.25) is 0 Å². The number of hydrogen-bond donors (Lipinski definition) is 0. The average Bonchev–Trinajstić information content (AvgIpc) is 1.74. The normalized spacial score (nSPS) is 11.2. The molecule has 0 saturated carbocycles. The second-order valence-electron chi connectivity index (χ2n) is 37.8. The minimum absolute atomic E-state index is 1.10. The lowest BCUT2D eigenvalue weighted by Gasteiger charge is -2.26. The summed E-state index contributed by atoms with van der Waals surface area (Å²) in [5.41, 5.74) is 38.8. The summed E-state index contributed by atoms with van der Waals surface area (Å²) in [6.07, 6.45) is 0. The number of hydrogen-bond acceptors (Lipinski definition) is 3. The van der Waals surface area contributed by atoms with Crippen molar-refractivity contribution in [1.29, 1.82) is 0 Å². The third-order valence-corrected chi connectivity index (χ3v) is 28.9. The molecule has 27 rings (SSSR count). The lowest BCUT2D eigenvalue weighted by atomic mass is 9.92. The van der Waals surface area contributed by atoms with Crippen LogP contribution in [0.2, 0.25) is 0 Å². The van der Waals surface area contributed by atoms with Crippen molar-refractivity contribution in [2.24, 2.45) is 0 Å². The van der Waals surface area contributed by atoms with E-state index in [1.165, 1.54) is 182 Å². The molecule has 2 heterocycles. The summed E-state index contributed by atoms with van der Waals surface area (Å²) in [7, 11) is 0. The van der Waals surface area contributed by atoms with Gasteiger partial charge in [-0.05, 0) is 296 Å². The van der Waals surface area contributed by atoms with Gasteiger partial charge in [-0.1, -0.05) is 449 Å². The zero-order chi connectivity index (χ0) is 99.1. The van der Waals surface area contributed by atoms with Crippen molar-refractivity contribution in [3.63, 3.8) is 0 Å². The van der Waals surface area contributed by atoms with Crippen LogP contribution < -0.4 is 14.7 Å². The van der Waals surface area contributed by atoms with E-state index in [0.717, 1.165) is 56.9 Å². The number of nitrogens with zero attached hydrogens (tertiary/aromatic N) is 5. The van der Waals surface area contributed by atoms with Crippen molar-refractivity contribution in [1.82, 2.24) is 9.13 Å². The number of anilines is 9. The molecule has 0 aliphatic carbocycles. The highest BCUT2D eigenvalue weighted by Gasteiger charge is 2.23. The Morgan fingerprint density at radius 1 is 0.0940 bits per heavy atom. The van der Waals surface area contributed by atoms with E-state index in [1.54, 1.807) is 0 Å². The molecule has 0 aliphatic rings. The van der Waals surface area contributed by atoms with Crippen LogP contribution in [0.1, 0.15) is 0 Å². The lowest BCUT2D eigenvalue weighted by Crippen LogP contribution is -2.10. The van der Waals surface area contributed by atoms with Crippen LogP contribution in [0.25, 0.3) is 187 Å². The smallest absolute Gasteiger partial charge is 0.0561 e. The van der Waals surface area contributed by atoms with Gasteiger partial charge in [0.1, 0.15) is 0 Å². The van der Waals surface area contributed by atoms with E-state index in [0.29, 0.717) is 0 Å². The summed E-state index contributed by atoms with van der Waals surface area (Å²) in [5.74, 6) is 0. The van der Waals surface area contributed by atoms with E-state index >= 15 is 0 Å². The molecule has 149 heavy (non-hydrogen) atoms. The molecular weight excluding hydrogens is 1800 g/mol. The molecule has 5 nitrogen and oxygen atoms in total. The summed E-state index contributed by atoms with van der Waals surface area (Å²) in [5, 5.41) is 12.8. The van der Waals surface area contributed by atoms with Gasteiger partial charge in [-0.2, -0.15) is 0 Å². The maximum absolute atomic E-state index is 2.40. The number of aromatic nitrogens is 2. The molecule has 27 aromatic rings. The Labute approximate surface area is 868 Å². The SMILES string of the molecule is c1ccc(-c2ccc(N(c3ccc(-c4ccccc4)cc3)c3ccc(-c4ccc5c(c4)c4ccccc4n5-c4ccccc4)cc3)cc2)cc1.c1ccc(-c2ccc(N(c3ccc(-c4ccccc4)cc3)c3ccc(-c4ccc5c6ccccc6c6ccccc6c5c4)cc3)cc2)cc1.c1ccc(-c2ccc(N(c3ccc(-c4ccccc4)cc3)c3ccc4c5ccccc5n(-c5ccc(-c6ccccc6)cc5)c4c3)cc2)cc1. The van der Waals surface area contributed by atoms with Crippen LogP contribution in [0.5, 0.6) is 0 Å². The zero-order valence-electron chi connectivity index (χ0n) is 82.0. The molecule has 0 radical (unpaired) electrons. The van der Waals surface area contributed by atoms with Crippen molar-refractivity contribution in [2.45, 2.75) is 0 Å². The molecule has 702 valence electrons. The molecule has 0 spiro atoms. The predicted octanol–water partition coefficient (Wildman–Crippen LogP) is 40.1. The third-order valence-electron chi connectivity index (χ3n) is 28.9. The Morgan fingerprint density at radius 3 is 0.577 bits per heavy atom. The van der Waals surface area contributed by atoms with Gasteiger partial charge in [0, 0.05) is 84.1 Å². The molecule has 0 N–H and O–H groups in total. The first-order valence-electron chi connectivity index (χ1n) is 51.1. The van der Waals surface area contributed by atoms with Crippen LogP contribution >= 0.6 is 0 Å². The van der Waals surface area contributed by atoms with Crippen molar-refractivity contribution in [2.75, 3.05) is 14.7 Å². The van der Waals surface area contributed by atoms with Crippen LogP contribution in [-0.2, 0) is 0 Å². The molecule has 0 unspecified atom stereocenters. The van der Waals surface area contributed by atoms with E-state index in [1.807, 2.05) is 0 Å². The van der Waals surface area contributed by atoms with Gasteiger partial charge in [-0.15, -0.1) is 0 Å². The third kappa shape index (κ3) is 18.4. The van der Waals surface area contributed by atoms with Gasteiger partial charge in [-0.25, -0.2) is 0 Å². The topological polar surface area (TPSA) is 19.6 Å². The summed E-state index contributed by atoms with van der Waals surface area (Å²) >= 11 is 0. The Kier molecular flexibility index (Phi) is 24.9. The summed E-state index contributed by atoms with van der Waals surface area (Å²) in [6, 6.07) is 220. The molecule has 25 aromatic carbocycles. The van der Waals surface area contributed by atoms with Gasteiger partial charge in [0.25, 0.3) is 0 Å². The highest BCUT2D eigenvalue weighted by Crippen LogP contribution is 2.47. The van der Waals surface area contributed by atoms with Crippen LogP contribution in [0.4, 0.5) is 51.2 Å².